The summed E-state index contributed by atoms with van der Waals surface area (Å²) in [5, 5.41) is 4.06. The lowest BCUT2D eigenvalue weighted by Crippen LogP contribution is -2.31. The van der Waals surface area contributed by atoms with Crippen molar-refractivity contribution < 1.29 is 9.53 Å². The van der Waals surface area contributed by atoms with Gasteiger partial charge in [0.15, 0.2) is 0 Å². The van der Waals surface area contributed by atoms with Crippen molar-refractivity contribution in [3.63, 3.8) is 0 Å². The third-order valence-electron chi connectivity index (χ3n) is 4.01. The summed E-state index contributed by atoms with van der Waals surface area (Å²) >= 11 is 1.18. The molecule has 0 N–H and O–H groups in total. The molecule has 0 fully saturated rings. The van der Waals surface area contributed by atoms with Gasteiger partial charge in [-0.2, -0.15) is 0 Å². The van der Waals surface area contributed by atoms with E-state index in [1.165, 1.54) is 11.5 Å². The Hall–Kier alpha value is -1.95. The van der Waals surface area contributed by atoms with Gasteiger partial charge >= 0.3 is 0 Å². The van der Waals surface area contributed by atoms with Crippen LogP contribution in [0.5, 0.6) is 5.75 Å². The first-order valence-electron chi connectivity index (χ1n) is 7.55. The predicted molar refractivity (Wildman–Crippen MR) is 86.9 cm³/mol. The van der Waals surface area contributed by atoms with Crippen LogP contribution in [-0.2, 0) is 12.8 Å². The smallest absolute Gasteiger partial charge is 0.271 e. The zero-order valence-electron chi connectivity index (χ0n) is 12.8. The Morgan fingerprint density at radius 3 is 3.05 bits per heavy atom. The monoisotopic (exact) mass is 317 g/mol. The Balaban J connectivity index is 2.03. The van der Waals surface area contributed by atoms with Crippen LogP contribution in [0.4, 0.5) is 5.69 Å². The molecule has 1 aromatic carbocycles. The Bertz CT molecular complexity index is 684. The molecule has 1 aliphatic rings. The fraction of sp³-hybridized carbons (Fsp3) is 0.438. The van der Waals surface area contributed by atoms with Gasteiger partial charge in [-0.3, -0.25) is 4.79 Å². The van der Waals surface area contributed by atoms with Crippen molar-refractivity contribution in [1.82, 2.24) is 9.59 Å². The van der Waals surface area contributed by atoms with Crippen molar-refractivity contribution >= 4 is 23.1 Å². The SMILES string of the molecule is CCc1nnsc1C(=O)N1CCCCc2c(OC)cccc21. The number of ether oxygens (including phenoxy) is 1. The molecule has 0 spiro atoms. The third-order valence-corrected chi connectivity index (χ3v) is 4.76. The molecule has 2 heterocycles. The number of hydrogen-bond acceptors (Lipinski definition) is 5. The maximum Gasteiger partial charge on any atom is 0.271 e. The molecule has 3 rings (SSSR count). The number of aromatic nitrogens is 2. The number of carbonyl (C=O) groups is 1. The zero-order valence-corrected chi connectivity index (χ0v) is 13.7. The number of methoxy groups -OCH3 is 1. The lowest BCUT2D eigenvalue weighted by Gasteiger charge is -2.23. The largest absolute Gasteiger partial charge is 0.496 e. The van der Waals surface area contributed by atoms with Gasteiger partial charge in [-0.15, -0.1) is 5.10 Å². The molecule has 0 bridgehead atoms. The van der Waals surface area contributed by atoms with Gasteiger partial charge in [-0.05, 0) is 49.3 Å². The van der Waals surface area contributed by atoms with Crippen molar-refractivity contribution in [3.8, 4) is 5.75 Å². The summed E-state index contributed by atoms with van der Waals surface area (Å²) in [7, 11) is 1.68. The summed E-state index contributed by atoms with van der Waals surface area (Å²) in [6.45, 7) is 2.72. The Labute approximate surface area is 134 Å². The van der Waals surface area contributed by atoms with Crippen molar-refractivity contribution in [2.24, 2.45) is 0 Å². The summed E-state index contributed by atoms with van der Waals surface area (Å²) in [5.74, 6) is 0.860. The molecule has 2 aromatic rings. The van der Waals surface area contributed by atoms with Gasteiger partial charge in [0.1, 0.15) is 10.6 Å². The molecular weight excluding hydrogens is 298 g/mol. The highest BCUT2D eigenvalue weighted by atomic mass is 32.1. The van der Waals surface area contributed by atoms with Crippen LogP contribution in [0.15, 0.2) is 18.2 Å². The number of fused-ring (bicyclic) bond motifs is 1. The molecule has 22 heavy (non-hydrogen) atoms. The van der Waals surface area contributed by atoms with E-state index in [4.69, 9.17) is 4.74 Å². The van der Waals surface area contributed by atoms with Gasteiger partial charge in [0.05, 0.1) is 18.5 Å². The second kappa shape index (κ2) is 6.44. The number of rotatable bonds is 3. The number of carbonyl (C=O) groups excluding carboxylic acids is 1. The highest BCUT2D eigenvalue weighted by molar-refractivity contribution is 7.08. The number of amides is 1. The zero-order chi connectivity index (χ0) is 15.5. The second-order valence-corrected chi connectivity index (χ2v) is 6.03. The minimum atomic E-state index is 0.00301. The quantitative estimate of drug-likeness (QED) is 0.873. The van der Waals surface area contributed by atoms with Gasteiger partial charge in [-0.25, -0.2) is 0 Å². The first-order chi connectivity index (χ1) is 10.8. The fourth-order valence-corrected chi connectivity index (χ4v) is 3.58. The van der Waals surface area contributed by atoms with Crippen LogP contribution in [0.1, 0.15) is 40.7 Å². The van der Waals surface area contributed by atoms with Crippen molar-refractivity contribution in [2.75, 3.05) is 18.6 Å². The highest BCUT2D eigenvalue weighted by Crippen LogP contribution is 2.34. The molecule has 6 heteroatoms. The molecule has 5 nitrogen and oxygen atoms in total. The molecule has 0 radical (unpaired) electrons. The van der Waals surface area contributed by atoms with Crippen molar-refractivity contribution in [1.29, 1.82) is 0 Å². The second-order valence-electron chi connectivity index (χ2n) is 5.27. The molecular formula is C16H19N3O2S. The molecule has 0 saturated carbocycles. The van der Waals surface area contributed by atoms with Gasteiger partial charge < -0.3 is 9.64 Å². The minimum absolute atomic E-state index is 0.00301. The van der Waals surface area contributed by atoms with Crippen LogP contribution in [0.25, 0.3) is 0 Å². The van der Waals surface area contributed by atoms with E-state index in [0.717, 1.165) is 54.9 Å². The van der Waals surface area contributed by atoms with Crippen molar-refractivity contribution in [2.45, 2.75) is 32.6 Å². The number of hydrogen-bond donors (Lipinski definition) is 0. The number of nitrogens with zero attached hydrogens (tertiary/aromatic N) is 3. The standard InChI is InChI=1S/C16H19N3O2S/c1-3-12-15(22-18-17-12)16(20)19-10-5-4-7-11-13(19)8-6-9-14(11)21-2/h6,8-9H,3-5,7,10H2,1-2H3. The van der Waals surface area contributed by atoms with Gasteiger partial charge in [0.2, 0.25) is 0 Å². The van der Waals surface area contributed by atoms with Crippen LogP contribution < -0.4 is 9.64 Å². The molecule has 0 aliphatic carbocycles. The average molecular weight is 317 g/mol. The maximum atomic E-state index is 13.0. The summed E-state index contributed by atoms with van der Waals surface area (Å²) in [6, 6.07) is 5.90. The number of anilines is 1. The van der Waals surface area contributed by atoms with E-state index in [2.05, 4.69) is 9.59 Å². The normalized spacial score (nSPS) is 14.4. The van der Waals surface area contributed by atoms with E-state index in [1.54, 1.807) is 7.11 Å². The lowest BCUT2D eigenvalue weighted by atomic mass is 10.1. The molecule has 1 aliphatic heterocycles. The molecule has 116 valence electrons. The van der Waals surface area contributed by atoms with E-state index < -0.39 is 0 Å². The molecule has 0 unspecified atom stereocenters. The van der Waals surface area contributed by atoms with E-state index in [1.807, 2.05) is 30.0 Å². The van der Waals surface area contributed by atoms with E-state index in [9.17, 15) is 4.79 Å². The average Bonchev–Trinajstić information content (AvgIpc) is 2.92. The predicted octanol–water partition coefficient (Wildman–Crippen LogP) is 3.09. The fourth-order valence-electron chi connectivity index (χ4n) is 2.88. The molecule has 0 saturated heterocycles. The van der Waals surface area contributed by atoms with E-state index in [0.29, 0.717) is 4.88 Å². The van der Waals surface area contributed by atoms with Crippen LogP contribution in [0.3, 0.4) is 0 Å². The van der Waals surface area contributed by atoms with Crippen molar-refractivity contribution in [3.05, 3.63) is 34.3 Å². The van der Waals surface area contributed by atoms with Crippen LogP contribution in [0, 0.1) is 0 Å². The molecule has 0 atom stereocenters. The Morgan fingerprint density at radius 1 is 1.41 bits per heavy atom. The minimum Gasteiger partial charge on any atom is -0.496 e. The van der Waals surface area contributed by atoms with Crippen LogP contribution in [0.2, 0.25) is 0 Å². The van der Waals surface area contributed by atoms with Crippen LogP contribution >= 0.6 is 11.5 Å². The first-order valence-corrected chi connectivity index (χ1v) is 8.32. The summed E-state index contributed by atoms with van der Waals surface area (Å²) in [6.07, 6.45) is 3.69. The van der Waals surface area contributed by atoms with Gasteiger partial charge in [0.25, 0.3) is 5.91 Å². The third kappa shape index (κ3) is 2.59. The summed E-state index contributed by atoms with van der Waals surface area (Å²) in [4.78, 5) is 15.5. The molecule has 1 amide bonds. The topological polar surface area (TPSA) is 55.3 Å². The van der Waals surface area contributed by atoms with Gasteiger partial charge in [0, 0.05) is 12.1 Å². The Kier molecular flexibility index (Phi) is 4.38. The summed E-state index contributed by atoms with van der Waals surface area (Å²) < 4.78 is 9.41. The van der Waals surface area contributed by atoms with E-state index in [-0.39, 0.29) is 5.91 Å². The highest BCUT2D eigenvalue weighted by Gasteiger charge is 2.27. The number of aryl methyl sites for hydroxylation is 1. The number of benzene rings is 1. The molecule has 1 aromatic heterocycles. The maximum absolute atomic E-state index is 13.0. The first kappa shape index (κ1) is 15.0. The Morgan fingerprint density at radius 2 is 2.27 bits per heavy atom. The van der Waals surface area contributed by atoms with Gasteiger partial charge in [-0.1, -0.05) is 17.5 Å². The lowest BCUT2D eigenvalue weighted by molar-refractivity contribution is 0.0990. The van der Waals surface area contributed by atoms with Crippen LogP contribution in [-0.4, -0.2) is 29.1 Å². The van der Waals surface area contributed by atoms with E-state index >= 15 is 0 Å². The summed E-state index contributed by atoms with van der Waals surface area (Å²) in [5.41, 5.74) is 2.85.